The molecule has 0 saturated heterocycles. The van der Waals surface area contributed by atoms with Gasteiger partial charge >= 0.3 is 0 Å². The van der Waals surface area contributed by atoms with Crippen LogP contribution < -0.4 is 11.5 Å². The van der Waals surface area contributed by atoms with Crippen LogP contribution in [0.1, 0.15) is 21.7 Å². The number of aldehydes is 1. The van der Waals surface area contributed by atoms with E-state index in [4.69, 9.17) is 11.5 Å². The third kappa shape index (κ3) is 4.13. The van der Waals surface area contributed by atoms with Crippen molar-refractivity contribution >= 4 is 52.4 Å². The zero-order chi connectivity index (χ0) is 24.3. The number of hydrogen-bond donors (Lipinski definition) is 3. The Morgan fingerprint density at radius 2 is 1.86 bits per heavy atom. The van der Waals surface area contributed by atoms with Crippen molar-refractivity contribution in [1.82, 2.24) is 25.0 Å². The second-order valence-corrected chi connectivity index (χ2v) is 8.92. The van der Waals surface area contributed by atoms with Gasteiger partial charge in [-0.3, -0.25) is 14.9 Å². The summed E-state index contributed by atoms with van der Waals surface area (Å²) in [6.45, 7) is 0. The summed E-state index contributed by atoms with van der Waals surface area (Å²) >= 11 is 1.63. The number of fused-ring (bicyclic) bond motifs is 2. The van der Waals surface area contributed by atoms with E-state index in [1.54, 1.807) is 22.2 Å². The fourth-order valence-electron chi connectivity index (χ4n) is 4.31. The Labute approximate surface area is 205 Å². The fourth-order valence-corrected chi connectivity index (χ4v) is 5.14. The maximum absolute atomic E-state index is 10.7. The van der Waals surface area contributed by atoms with Gasteiger partial charge in [-0.1, -0.05) is 54.6 Å². The van der Waals surface area contributed by atoms with Gasteiger partial charge in [0.2, 0.25) is 0 Å². The number of H-pyrrole nitrogens is 1. The first-order valence-electron chi connectivity index (χ1n) is 10.9. The van der Waals surface area contributed by atoms with Crippen LogP contribution >= 0.6 is 11.3 Å². The Morgan fingerprint density at radius 3 is 2.60 bits per heavy atom. The summed E-state index contributed by atoms with van der Waals surface area (Å²) in [5.74, 6) is 1.03. The number of carbonyl (C=O) groups is 1. The monoisotopic (exact) mass is 481 g/mol. The van der Waals surface area contributed by atoms with E-state index < -0.39 is 0 Å². The van der Waals surface area contributed by atoms with Crippen LogP contribution in [0, 0.1) is 0 Å². The van der Waals surface area contributed by atoms with Crippen LogP contribution in [-0.2, 0) is 16.6 Å². The highest BCUT2D eigenvalue weighted by Gasteiger charge is 2.38. The van der Waals surface area contributed by atoms with Crippen LogP contribution in [0.15, 0.2) is 78.5 Å². The van der Waals surface area contributed by atoms with Gasteiger partial charge in [-0.15, -0.1) is 11.3 Å². The molecule has 8 nitrogen and oxygen atoms in total. The minimum atomic E-state index is -0.325. The number of allylic oxidation sites excluding steroid dienone is 2. The van der Waals surface area contributed by atoms with Crippen molar-refractivity contribution in [1.29, 1.82) is 0 Å². The Kier molecular flexibility index (Phi) is 5.99. The summed E-state index contributed by atoms with van der Waals surface area (Å²) in [6.07, 6.45) is 10.6. The summed E-state index contributed by atoms with van der Waals surface area (Å²) in [4.78, 5) is 16.1. The zero-order valence-corrected chi connectivity index (χ0v) is 19.5. The average molecular weight is 482 g/mol. The summed E-state index contributed by atoms with van der Waals surface area (Å²) in [6, 6.07) is 18.1. The first-order valence-corrected chi connectivity index (χ1v) is 11.8. The molecular formula is C26H23N7OS. The van der Waals surface area contributed by atoms with Gasteiger partial charge in [0.1, 0.15) is 6.29 Å². The molecule has 35 heavy (non-hydrogen) atoms. The van der Waals surface area contributed by atoms with Crippen molar-refractivity contribution in [3.8, 4) is 0 Å². The van der Waals surface area contributed by atoms with Crippen molar-refractivity contribution in [3.05, 3.63) is 100 Å². The number of nitrogen functional groups attached to an aromatic ring is 2. The molecule has 1 aliphatic rings. The van der Waals surface area contributed by atoms with Gasteiger partial charge < -0.3 is 11.5 Å². The second-order valence-electron chi connectivity index (χ2n) is 8.04. The van der Waals surface area contributed by atoms with Gasteiger partial charge in [0.15, 0.2) is 11.6 Å². The quantitative estimate of drug-likeness (QED) is 0.259. The van der Waals surface area contributed by atoms with Crippen molar-refractivity contribution in [2.75, 3.05) is 11.5 Å². The Bertz CT molecular complexity index is 1520. The molecule has 0 fully saturated rings. The van der Waals surface area contributed by atoms with Gasteiger partial charge in [0.25, 0.3) is 0 Å². The summed E-state index contributed by atoms with van der Waals surface area (Å²) in [5.41, 5.74) is 17.2. The number of aromatic nitrogens is 5. The topological polar surface area (TPSA) is 128 Å². The number of rotatable bonds is 4. The van der Waals surface area contributed by atoms with Crippen LogP contribution in [0.5, 0.6) is 0 Å². The highest BCUT2D eigenvalue weighted by atomic mass is 32.1. The van der Waals surface area contributed by atoms with E-state index >= 15 is 0 Å². The summed E-state index contributed by atoms with van der Waals surface area (Å²) < 4.78 is 1.70. The molecule has 3 heterocycles. The number of aromatic amines is 1. The molecule has 9 heteroatoms. The van der Waals surface area contributed by atoms with Gasteiger partial charge in [0, 0.05) is 34.6 Å². The largest absolute Gasteiger partial charge is 0.382 e. The van der Waals surface area contributed by atoms with Gasteiger partial charge in [-0.2, -0.15) is 10.2 Å². The molecule has 1 atom stereocenters. The number of benzene rings is 2. The maximum Gasteiger partial charge on any atom is 0.153 e. The van der Waals surface area contributed by atoms with Crippen molar-refractivity contribution in [2.45, 2.75) is 11.8 Å². The van der Waals surface area contributed by atoms with E-state index in [2.05, 4.69) is 38.5 Å². The molecule has 0 radical (unpaired) electrons. The molecule has 0 saturated carbocycles. The predicted molar refractivity (Wildman–Crippen MR) is 141 cm³/mol. The Morgan fingerprint density at radius 1 is 1.06 bits per heavy atom. The molecule has 0 spiro atoms. The number of para-hydroxylation sites is 1. The Balaban J connectivity index is 0.000000211. The normalized spacial score (nSPS) is 16.7. The van der Waals surface area contributed by atoms with E-state index in [-0.39, 0.29) is 5.41 Å². The summed E-state index contributed by atoms with van der Waals surface area (Å²) in [5, 5.41) is 12.0. The van der Waals surface area contributed by atoms with Crippen LogP contribution in [0.2, 0.25) is 0 Å². The van der Waals surface area contributed by atoms with E-state index in [1.165, 1.54) is 11.6 Å². The third-order valence-corrected chi connectivity index (χ3v) is 6.98. The average Bonchev–Trinajstić information content (AvgIpc) is 3.64. The standard InChI is InChI=1S/C19H16N4OS.C7H7N3/c20-18-15-7-8-19(17-12-21-13-25-17,14-5-2-1-3-6-14)11-16(15)23(22-18)9-4-10-24;8-7-5-3-1-2-4-6(5)9-10-7/h1-10,12-13H,11H2,(H2,20,22);1-4H,(H3,8,9,10). The Hall–Kier alpha value is -4.50. The van der Waals surface area contributed by atoms with Crippen molar-refractivity contribution in [2.24, 2.45) is 0 Å². The molecule has 3 aromatic heterocycles. The number of hydrogen-bond acceptors (Lipinski definition) is 7. The minimum absolute atomic E-state index is 0.325. The molecule has 0 amide bonds. The second kappa shape index (κ2) is 9.40. The molecule has 5 aromatic rings. The van der Waals surface area contributed by atoms with E-state index in [1.807, 2.05) is 60.2 Å². The third-order valence-electron chi connectivity index (χ3n) is 6.03. The van der Waals surface area contributed by atoms with Gasteiger partial charge in [-0.05, 0) is 23.8 Å². The molecule has 1 unspecified atom stereocenters. The molecule has 0 bridgehead atoms. The minimum Gasteiger partial charge on any atom is -0.382 e. The highest BCUT2D eigenvalue weighted by Crippen LogP contribution is 2.44. The van der Waals surface area contributed by atoms with Crippen molar-refractivity contribution in [3.63, 3.8) is 0 Å². The van der Waals surface area contributed by atoms with E-state index in [0.717, 1.165) is 33.3 Å². The summed E-state index contributed by atoms with van der Waals surface area (Å²) in [7, 11) is 0. The SMILES string of the molecule is Nc1n[nH]c2ccccc12.Nc1nn(C=CC=O)c2c1C=CC(c1ccccc1)(c1cncs1)C2. The first kappa shape index (κ1) is 22.3. The molecule has 2 aromatic carbocycles. The first-order chi connectivity index (χ1) is 17.1. The molecule has 6 rings (SSSR count). The van der Waals surface area contributed by atoms with Gasteiger partial charge in [0.05, 0.1) is 22.1 Å². The van der Waals surface area contributed by atoms with E-state index in [0.29, 0.717) is 18.1 Å². The zero-order valence-electron chi connectivity index (χ0n) is 18.7. The molecule has 0 aliphatic heterocycles. The maximum atomic E-state index is 10.7. The van der Waals surface area contributed by atoms with Crippen LogP contribution in [-0.4, -0.2) is 31.2 Å². The lowest BCUT2D eigenvalue weighted by atomic mass is 9.72. The molecule has 174 valence electrons. The highest BCUT2D eigenvalue weighted by molar-refractivity contribution is 7.09. The van der Waals surface area contributed by atoms with Crippen molar-refractivity contribution < 1.29 is 4.79 Å². The molecule has 1 aliphatic carbocycles. The van der Waals surface area contributed by atoms with E-state index in [9.17, 15) is 4.79 Å². The molecule has 5 N–H and O–H groups in total. The number of nitrogens with zero attached hydrogens (tertiary/aromatic N) is 4. The van der Waals surface area contributed by atoms with Crippen LogP contribution in [0.4, 0.5) is 11.6 Å². The number of carbonyl (C=O) groups excluding carboxylic acids is 1. The predicted octanol–water partition coefficient (Wildman–Crippen LogP) is 4.29. The number of nitrogens with one attached hydrogen (secondary N) is 1. The number of anilines is 2. The smallest absolute Gasteiger partial charge is 0.153 e. The van der Waals surface area contributed by atoms with Crippen LogP contribution in [0.25, 0.3) is 23.2 Å². The van der Waals surface area contributed by atoms with Crippen LogP contribution in [0.3, 0.4) is 0 Å². The fraction of sp³-hybridized carbons (Fsp3) is 0.0769. The number of thiazole rings is 1. The lowest BCUT2D eigenvalue weighted by Gasteiger charge is -2.33. The molecular weight excluding hydrogens is 458 g/mol. The van der Waals surface area contributed by atoms with Gasteiger partial charge in [-0.25, -0.2) is 4.68 Å². The lowest BCUT2D eigenvalue weighted by Crippen LogP contribution is -2.30. The lowest BCUT2D eigenvalue weighted by molar-refractivity contribution is -0.104. The number of nitrogens with two attached hydrogens (primary N) is 2.